The molecule has 0 N–H and O–H groups in total. The molecule has 136 valence electrons. The predicted molar refractivity (Wildman–Crippen MR) is 108 cm³/mol. The van der Waals surface area contributed by atoms with Crippen LogP contribution in [0, 0.1) is 0 Å². The van der Waals surface area contributed by atoms with E-state index in [1.807, 2.05) is 42.5 Å². The van der Waals surface area contributed by atoms with E-state index in [9.17, 15) is 4.79 Å². The summed E-state index contributed by atoms with van der Waals surface area (Å²) in [6.07, 6.45) is -0.0496. The molecule has 2 heterocycles. The third-order valence-corrected chi connectivity index (χ3v) is 4.91. The topological polar surface area (TPSA) is 55.6 Å². The van der Waals surface area contributed by atoms with Crippen LogP contribution in [0.2, 0.25) is 0 Å². The number of benzene rings is 2. The normalized spacial score (nSPS) is 11.1. The molecule has 0 atom stereocenters. The largest absolute Gasteiger partial charge is 0.411 e. The summed E-state index contributed by atoms with van der Waals surface area (Å²) in [5.74, 6) is 0.557. The van der Waals surface area contributed by atoms with Gasteiger partial charge in [0.05, 0.1) is 5.39 Å². The smallest absolute Gasteiger partial charge is 0.403 e. The van der Waals surface area contributed by atoms with E-state index >= 15 is 0 Å². The quantitative estimate of drug-likeness (QED) is 0.453. The van der Waals surface area contributed by atoms with E-state index in [2.05, 4.69) is 35.9 Å². The number of nitrogens with zero attached hydrogens (tertiary/aromatic N) is 2. The van der Waals surface area contributed by atoms with Gasteiger partial charge in [-0.3, -0.25) is 0 Å². The second-order valence-electron chi connectivity index (χ2n) is 6.30. The van der Waals surface area contributed by atoms with Gasteiger partial charge in [-0.25, -0.2) is 4.79 Å². The van der Waals surface area contributed by atoms with E-state index in [0.717, 1.165) is 11.4 Å². The average molecular weight is 378 g/mol. The molecule has 27 heavy (non-hydrogen) atoms. The molecule has 0 aliphatic carbocycles. The van der Waals surface area contributed by atoms with Gasteiger partial charge in [0.25, 0.3) is 0 Å². The minimum atomic E-state index is -0.442. The first-order valence-electron chi connectivity index (χ1n) is 8.62. The molecule has 0 bridgehead atoms. The highest BCUT2D eigenvalue weighted by Gasteiger charge is 2.14. The average Bonchev–Trinajstić information content (AvgIpc) is 3.13. The summed E-state index contributed by atoms with van der Waals surface area (Å²) in [6.45, 7) is 4.29. The highest BCUT2D eigenvalue weighted by atomic mass is 32.1. The van der Waals surface area contributed by atoms with Crippen molar-refractivity contribution in [1.29, 1.82) is 0 Å². The van der Waals surface area contributed by atoms with Crippen LogP contribution < -0.4 is 15.3 Å². The zero-order valence-electron chi connectivity index (χ0n) is 15.0. The molecule has 0 spiro atoms. The fourth-order valence-corrected chi connectivity index (χ4v) is 3.68. The van der Waals surface area contributed by atoms with Gasteiger partial charge in [0.15, 0.2) is 0 Å². The van der Waals surface area contributed by atoms with Gasteiger partial charge >= 0.3 is 11.7 Å². The molecule has 2 aromatic carbocycles. The summed E-state index contributed by atoms with van der Waals surface area (Å²) >= 11 is 1.38. The fourth-order valence-electron chi connectivity index (χ4n) is 2.94. The van der Waals surface area contributed by atoms with Crippen LogP contribution in [0.25, 0.3) is 10.2 Å². The summed E-state index contributed by atoms with van der Waals surface area (Å²) in [4.78, 5) is 19.0. The SMILES string of the molecule is CC(C)N(c1ccccc1)c1ccc(Oc2nc3sccc3c(=O)o2)cc1. The van der Waals surface area contributed by atoms with E-state index in [4.69, 9.17) is 9.15 Å². The van der Waals surface area contributed by atoms with Crippen LogP contribution >= 0.6 is 11.3 Å². The van der Waals surface area contributed by atoms with Gasteiger partial charge in [-0.15, -0.1) is 11.3 Å². The highest BCUT2D eigenvalue weighted by molar-refractivity contribution is 7.16. The van der Waals surface area contributed by atoms with Crippen molar-refractivity contribution in [1.82, 2.24) is 4.98 Å². The van der Waals surface area contributed by atoms with Crippen molar-refractivity contribution in [2.75, 3.05) is 4.90 Å². The first-order chi connectivity index (χ1) is 13.1. The van der Waals surface area contributed by atoms with Gasteiger partial charge in [-0.05, 0) is 61.7 Å². The molecule has 5 nitrogen and oxygen atoms in total. The lowest BCUT2D eigenvalue weighted by Gasteiger charge is -2.29. The minimum Gasteiger partial charge on any atom is -0.411 e. The number of aromatic nitrogens is 1. The van der Waals surface area contributed by atoms with E-state index < -0.39 is 5.63 Å². The number of hydrogen-bond donors (Lipinski definition) is 0. The molecular formula is C21H18N2O3S. The molecule has 4 rings (SSSR count). The van der Waals surface area contributed by atoms with E-state index in [-0.39, 0.29) is 6.08 Å². The molecule has 2 aromatic heterocycles. The van der Waals surface area contributed by atoms with Gasteiger partial charge < -0.3 is 14.1 Å². The molecule has 0 aliphatic heterocycles. The standard InChI is InChI=1S/C21H18N2O3S/c1-14(2)23(15-6-4-3-5-7-15)16-8-10-17(11-9-16)25-21-22-19-18(12-13-27-19)20(24)26-21/h3-14H,1-2H3. The zero-order valence-corrected chi connectivity index (χ0v) is 15.8. The number of para-hydroxylation sites is 1. The van der Waals surface area contributed by atoms with E-state index in [0.29, 0.717) is 22.0 Å². The lowest BCUT2D eigenvalue weighted by atomic mass is 10.2. The van der Waals surface area contributed by atoms with Gasteiger partial charge in [0, 0.05) is 17.4 Å². The molecule has 4 aromatic rings. The Morgan fingerprint density at radius 3 is 2.41 bits per heavy atom. The van der Waals surface area contributed by atoms with Crippen molar-refractivity contribution in [3.63, 3.8) is 0 Å². The Morgan fingerprint density at radius 2 is 1.70 bits per heavy atom. The maximum Gasteiger partial charge on any atom is 0.403 e. The summed E-state index contributed by atoms with van der Waals surface area (Å²) in [7, 11) is 0. The molecular weight excluding hydrogens is 360 g/mol. The first kappa shape index (κ1) is 17.3. The minimum absolute atomic E-state index is 0.0496. The first-order valence-corrected chi connectivity index (χ1v) is 9.50. The van der Waals surface area contributed by atoms with Crippen molar-refractivity contribution >= 4 is 32.9 Å². The van der Waals surface area contributed by atoms with Gasteiger partial charge in [0.2, 0.25) is 0 Å². The summed E-state index contributed by atoms with van der Waals surface area (Å²) in [5, 5.41) is 2.27. The third kappa shape index (κ3) is 3.57. The van der Waals surface area contributed by atoms with Crippen molar-refractivity contribution in [3.8, 4) is 11.8 Å². The number of rotatable bonds is 5. The van der Waals surface area contributed by atoms with Crippen LogP contribution in [0.4, 0.5) is 11.4 Å². The van der Waals surface area contributed by atoms with Crippen LogP contribution in [0.15, 0.2) is 75.3 Å². The number of thiophene rings is 1. The summed E-state index contributed by atoms with van der Waals surface area (Å²) in [6, 6.07) is 19.8. The molecule has 0 saturated heterocycles. The van der Waals surface area contributed by atoms with Crippen molar-refractivity contribution < 1.29 is 9.15 Å². The van der Waals surface area contributed by atoms with Gasteiger partial charge in [-0.2, -0.15) is 4.98 Å². The maximum atomic E-state index is 11.9. The Hall–Kier alpha value is -3.12. The number of fused-ring (bicyclic) bond motifs is 1. The van der Waals surface area contributed by atoms with Crippen LogP contribution in [0.3, 0.4) is 0 Å². The Kier molecular flexibility index (Phi) is 4.64. The predicted octanol–water partition coefficient (Wildman–Crippen LogP) is 5.59. The van der Waals surface area contributed by atoms with Crippen LogP contribution in [0.1, 0.15) is 13.8 Å². The van der Waals surface area contributed by atoms with Crippen LogP contribution in [-0.4, -0.2) is 11.0 Å². The van der Waals surface area contributed by atoms with Crippen LogP contribution in [-0.2, 0) is 0 Å². The van der Waals surface area contributed by atoms with Crippen molar-refractivity contribution in [2.45, 2.75) is 19.9 Å². The molecule has 6 heteroatoms. The molecule has 0 radical (unpaired) electrons. The highest BCUT2D eigenvalue weighted by Crippen LogP contribution is 2.30. The van der Waals surface area contributed by atoms with Crippen LogP contribution in [0.5, 0.6) is 11.8 Å². The second-order valence-corrected chi connectivity index (χ2v) is 7.20. The monoisotopic (exact) mass is 378 g/mol. The van der Waals surface area contributed by atoms with E-state index in [1.54, 1.807) is 11.4 Å². The third-order valence-electron chi connectivity index (χ3n) is 4.11. The van der Waals surface area contributed by atoms with E-state index in [1.165, 1.54) is 11.3 Å². The number of hydrogen-bond acceptors (Lipinski definition) is 6. The van der Waals surface area contributed by atoms with Gasteiger partial charge in [0.1, 0.15) is 10.6 Å². The number of ether oxygens (including phenoxy) is 1. The summed E-state index contributed by atoms with van der Waals surface area (Å²) < 4.78 is 10.8. The number of anilines is 2. The Morgan fingerprint density at radius 1 is 1.00 bits per heavy atom. The second kappa shape index (κ2) is 7.25. The molecule has 0 amide bonds. The molecule has 0 saturated carbocycles. The summed E-state index contributed by atoms with van der Waals surface area (Å²) in [5.41, 5.74) is 1.73. The van der Waals surface area contributed by atoms with Crippen molar-refractivity contribution in [3.05, 3.63) is 76.5 Å². The zero-order chi connectivity index (χ0) is 18.8. The Balaban J connectivity index is 1.60. The Bertz CT molecular complexity index is 1100. The molecule has 0 aliphatic rings. The lowest BCUT2D eigenvalue weighted by Crippen LogP contribution is -2.25. The maximum absolute atomic E-state index is 11.9. The van der Waals surface area contributed by atoms with Gasteiger partial charge in [-0.1, -0.05) is 18.2 Å². The molecule has 0 fully saturated rings. The van der Waals surface area contributed by atoms with Crippen molar-refractivity contribution in [2.24, 2.45) is 0 Å². The Labute approximate surface area is 160 Å². The lowest BCUT2D eigenvalue weighted by molar-refractivity contribution is 0.307. The fraction of sp³-hybridized carbons (Fsp3) is 0.143. The molecule has 0 unspecified atom stereocenters.